The standard InChI is InChI=1S/C16H20N6O/c1-17-16(23)14-8-13(19-11-20-14)7-12-3-2-6-22(9-12)15-4-5-18-10-21-15/h4-5,8,10-12H,2-3,6-7,9H2,1H3,(H,17,23)/t12-/m1/s1. The topological polar surface area (TPSA) is 83.9 Å². The Morgan fingerprint density at radius 3 is 3.04 bits per heavy atom. The normalized spacial score (nSPS) is 17.8. The van der Waals surface area contributed by atoms with Gasteiger partial charge in [0.1, 0.15) is 24.2 Å². The Balaban J connectivity index is 1.67. The zero-order valence-corrected chi connectivity index (χ0v) is 13.1. The van der Waals surface area contributed by atoms with Crippen LogP contribution in [0.2, 0.25) is 0 Å². The zero-order chi connectivity index (χ0) is 16.1. The van der Waals surface area contributed by atoms with E-state index in [1.165, 1.54) is 6.33 Å². The van der Waals surface area contributed by atoms with Crippen LogP contribution in [0.3, 0.4) is 0 Å². The molecule has 0 aromatic carbocycles. The minimum absolute atomic E-state index is 0.181. The molecular weight excluding hydrogens is 292 g/mol. The summed E-state index contributed by atoms with van der Waals surface area (Å²) in [5.74, 6) is 1.28. The molecule has 0 unspecified atom stereocenters. The summed E-state index contributed by atoms with van der Waals surface area (Å²) in [6, 6.07) is 3.72. The molecule has 1 N–H and O–H groups in total. The largest absolute Gasteiger partial charge is 0.356 e. The van der Waals surface area contributed by atoms with Crippen molar-refractivity contribution in [3.63, 3.8) is 0 Å². The molecule has 1 aliphatic rings. The van der Waals surface area contributed by atoms with Gasteiger partial charge in [-0.05, 0) is 37.3 Å². The second kappa shape index (κ2) is 7.13. The van der Waals surface area contributed by atoms with Crippen LogP contribution in [0.25, 0.3) is 0 Å². The zero-order valence-electron chi connectivity index (χ0n) is 13.1. The third-order valence-electron chi connectivity index (χ3n) is 4.09. The lowest BCUT2D eigenvalue weighted by Gasteiger charge is -2.33. The van der Waals surface area contributed by atoms with E-state index in [0.717, 1.165) is 43.9 Å². The number of hydrogen-bond acceptors (Lipinski definition) is 6. The Morgan fingerprint density at radius 2 is 2.26 bits per heavy atom. The third-order valence-corrected chi connectivity index (χ3v) is 4.09. The Hall–Kier alpha value is -2.57. The number of carbonyl (C=O) groups is 1. The molecule has 23 heavy (non-hydrogen) atoms. The monoisotopic (exact) mass is 312 g/mol. The van der Waals surface area contributed by atoms with Crippen LogP contribution in [0.4, 0.5) is 5.82 Å². The number of rotatable bonds is 4. The van der Waals surface area contributed by atoms with Crippen molar-refractivity contribution >= 4 is 11.7 Å². The van der Waals surface area contributed by atoms with E-state index in [2.05, 4.69) is 30.2 Å². The van der Waals surface area contributed by atoms with Crippen LogP contribution in [0.1, 0.15) is 29.0 Å². The van der Waals surface area contributed by atoms with Gasteiger partial charge in [0.05, 0.1) is 0 Å². The van der Waals surface area contributed by atoms with E-state index in [4.69, 9.17) is 0 Å². The summed E-state index contributed by atoms with van der Waals surface area (Å²) in [4.78, 5) is 30.6. The molecule has 1 atom stereocenters. The fourth-order valence-corrected chi connectivity index (χ4v) is 2.97. The van der Waals surface area contributed by atoms with Crippen molar-refractivity contribution in [2.45, 2.75) is 19.3 Å². The van der Waals surface area contributed by atoms with Gasteiger partial charge in [0.15, 0.2) is 0 Å². The second-order valence-electron chi connectivity index (χ2n) is 5.70. The van der Waals surface area contributed by atoms with Crippen molar-refractivity contribution in [2.24, 2.45) is 5.92 Å². The van der Waals surface area contributed by atoms with Crippen molar-refractivity contribution in [1.82, 2.24) is 25.3 Å². The number of piperidine rings is 1. The highest BCUT2D eigenvalue weighted by Crippen LogP contribution is 2.23. The van der Waals surface area contributed by atoms with Crippen molar-refractivity contribution in [2.75, 3.05) is 25.0 Å². The van der Waals surface area contributed by atoms with Crippen LogP contribution in [0.5, 0.6) is 0 Å². The minimum Gasteiger partial charge on any atom is -0.356 e. The average Bonchev–Trinajstić information content (AvgIpc) is 2.62. The second-order valence-corrected chi connectivity index (χ2v) is 5.70. The molecule has 0 radical (unpaired) electrons. The number of carbonyl (C=O) groups excluding carboxylic acids is 1. The SMILES string of the molecule is CNC(=O)c1cc(C[C@H]2CCCN(c3ccncn3)C2)ncn1. The summed E-state index contributed by atoms with van der Waals surface area (Å²) in [6.45, 7) is 1.96. The van der Waals surface area contributed by atoms with E-state index in [0.29, 0.717) is 11.6 Å². The fourth-order valence-electron chi connectivity index (χ4n) is 2.97. The highest BCUT2D eigenvalue weighted by molar-refractivity contribution is 5.91. The molecule has 2 aromatic rings. The summed E-state index contributed by atoms with van der Waals surface area (Å²) in [7, 11) is 1.60. The molecule has 2 aromatic heterocycles. The van der Waals surface area contributed by atoms with Gasteiger partial charge in [-0.2, -0.15) is 0 Å². The van der Waals surface area contributed by atoms with Crippen LogP contribution >= 0.6 is 0 Å². The summed E-state index contributed by atoms with van der Waals surface area (Å²) < 4.78 is 0. The third kappa shape index (κ3) is 3.80. The van der Waals surface area contributed by atoms with Crippen LogP contribution in [-0.4, -0.2) is 46.0 Å². The molecule has 7 nitrogen and oxygen atoms in total. The van der Waals surface area contributed by atoms with Gasteiger partial charge in [-0.3, -0.25) is 4.79 Å². The molecule has 0 aliphatic carbocycles. The Bertz CT molecular complexity index is 663. The highest BCUT2D eigenvalue weighted by Gasteiger charge is 2.22. The number of anilines is 1. The number of nitrogens with zero attached hydrogens (tertiary/aromatic N) is 5. The quantitative estimate of drug-likeness (QED) is 0.909. The maximum Gasteiger partial charge on any atom is 0.269 e. The summed E-state index contributed by atoms with van der Waals surface area (Å²) >= 11 is 0. The van der Waals surface area contributed by atoms with Gasteiger partial charge in [0.25, 0.3) is 5.91 Å². The van der Waals surface area contributed by atoms with Crippen LogP contribution in [0, 0.1) is 5.92 Å². The molecule has 1 saturated heterocycles. The Labute approximate surface area is 135 Å². The van der Waals surface area contributed by atoms with Gasteiger partial charge >= 0.3 is 0 Å². The van der Waals surface area contributed by atoms with E-state index in [9.17, 15) is 4.79 Å². The van der Waals surface area contributed by atoms with E-state index < -0.39 is 0 Å². The van der Waals surface area contributed by atoms with Crippen LogP contribution in [0.15, 0.2) is 31.0 Å². The van der Waals surface area contributed by atoms with E-state index in [1.54, 1.807) is 25.6 Å². The van der Waals surface area contributed by atoms with E-state index >= 15 is 0 Å². The number of aromatic nitrogens is 4. The molecular formula is C16H20N6O. The lowest BCUT2D eigenvalue weighted by atomic mass is 9.93. The molecule has 0 bridgehead atoms. The van der Waals surface area contributed by atoms with E-state index in [1.807, 2.05) is 6.07 Å². The smallest absolute Gasteiger partial charge is 0.269 e. The molecule has 3 rings (SSSR count). The van der Waals surface area contributed by atoms with Gasteiger partial charge in [0, 0.05) is 32.0 Å². The van der Waals surface area contributed by atoms with Crippen molar-refractivity contribution in [3.05, 3.63) is 42.4 Å². The van der Waals surface area contributed by atoms with E-state index in [-0.39, 0.29) is 5.91 Å². The predicted molar refractivity (Wildman–Crippen MR) is 86.1 cm³/mol. The van der Waals surface area contributed by atoms with Gasteiger partial charge in [0.2, 0.25) is 0 Å². The number of nitrogens with one attached hydrogen (secondary N) is 1. The summed E-state index contributed by atoms with van der Waals surface area (Å²) in [5, 5.41) is 2.59. The first-order valence-electron chi connectivity index (χ1n) is 7.80. The minimum atomic E-state index is -0.181. The van der Waals surface area contributed by atoms with Crippen molar-refractivity contribution in [1.29, 1.82) is 0 Å². The number of amides is 1. The molecule has 3 heterocycles. The van der Waals surface area contributed by atoms with Crippen molar-refractivity contribution in [3.8, 4) is 0 Å². The molecule has 120 valence electrons. The van der Waals surface area contributed by atoms with Gasteiger partial charge in [-0.1, -0.05) is 0 Å². The Morgan fingerprint density at radius 1 is 1.35 bits per heavy atom. The van der Waals surface area contributed by atoms with Gasteiger partial charge in [-0.15, -0.1) is 0 Å². The summed E-state index contributed by atoms with van der Waals surface area (Å²) in [6.07, 6.45) is 7.94. The summed E-state index contributed by atoms with van der Waals surface area (Å²) in [5.41, 5.74) is 1.33. The first kappa shape index (κ1) is 15.3. The lowest BCUT2D eigenvalue weighted by Crippen LogP contribution is -2.36. The van der Waals surface area contributed by atoms with Crippen LogP contribution in [-0.2, 0) is 6.42 Å². The average molecular weight is 312 g/mol. The molecule has 0 spiro atoms. The maximum absolute atomic E-state index is 11.7. The van der Waals surface area contributed by atoms with Crippen molar-refractivity contribution < 1.29 is 4.79 Å². The predicted octanol–water partition coefficient (Wildman–Crippen LogP) is 1.09. The molecule has 7 heteroatoms. The fraction of sp³-hybridized carbons (Fsp3) is 0.438. The van der Waals surface area contributed by atoms with Gasteiger partial charge in [-0.25, -0.2) is 19.9 Å². The maximum atomic E-state index is 11.7. The molecule has 1 aliphatic heterocycles. The Kier molecular flexibility index (Phi) is 4.75. The highest BCUT2D eigenvalue weighted by atomic mass is 16.1. The first-order chi connectivity index (χ1) is 11.3. The molecule has 0 saturated carbocycles. The first-order valence-corrected chi connectivity index (χ1v) is 7.80. The lowest BCUT2D eigenvalue weighted by molar-refractivity contribution is 0.0958. The molecule has 1 fully saturated rings. The number of hydrogen-bond donors (Lipinski definition) is 1. The van der Waals surface area contributed by atoms with Gasteiger partial charge < -0.3 is 10.2 Å². The van der Waals surface area contributed by atoms with Crippen LogP contribution < -0.4 is 10.2 Å². The molecule has 1 amide bonds.